The smallest absolute Gasteiger partial charge is 0.157 e. The summed E-state index contributed by atoms with van der Waals surface area (Å²) in [6.45, 7) is 4.13. The molecule has 2 nitrogen and oxygen atoms in total. The van der Waals surface area contributed by atoms with Crippen LogP contribution in [0.5, 0.6) is 0 Å². The molecule has 0 rings (SSSR count). The second kappa shape index (κ2) is 5.41. The number of nitrogens with one attached hydrogen (secondary N) is 1. The average molecular weight is 227 g/mol. The highest BCUT2D eigenvalue weighted by molar-refractivity contribution is 14.2. The van der Waals surface area contributed by atoms with Crippen LogP contribution in [0.4, 0.5) is 0 Å². The fourth-order valence-electron chi connectivity index (χ4n) is 0.220. The van der Waals surface area contributed by atoms with E-state index in [4.69, 9.17) is 0 Å². The van der Waals surface area contributed by atoms with Gasteiger partial charge in [0.15, 0.2) is 3.88 Å². The molecule has 0 spiro atoms. The summed E-state index contributed by atoms with van der Waals surface area (Å²) in [5.41, 5.74) is 0. The molecule has 0 aromatic carbocycles. The topological polar surface area (TPSA) is 29.1 Å². The van der Waals surface area contributed by atoms with Crippen LogP contribution in [-0.4, -0.2) is 14.5 Å². The van der Waals surface area contributed by atoms with Crippen LogP contribution in [0, 0.1) is 0 Å². The van der Waals surface area contributed by atoms with Crippen LogP contribution in [0.3, 0.4) is 0 Å². The first kappa shape index (κ1) is 8.27. The highest BCUT2D eigenvalue weighted by Crippen LogP contribution is 1.87. The van der Waals surface area contributed by atoms with Crippen LogP contribution in [0.25, 0.3) is 0 Å². The summed E-state index contributed by atoms with van der Waals surface area (Å²) in [6.07, 6.45) is 0. The van der Waals surface area contributed by atoms with Gasteiger partial charge in [0, 0.05) is 6.04 Å². The van der Waals surface area contributed by atoms with Gasteiger partial charge in [-0.15, -0.1) is 0 Å². The maximum atomic E-state index is 9.67. The summed E-state index contributed by atoms with van der Waals surface area (Å²) in [7, 11) is 0. The third kappa shape index (κ3) is 6.27. The van der Waals surface area contributed by atoms with Gasteiger partial charge in [-0.2, -0.15) is 0 Å². The van der Waals surface area contributed by atoms with Crippen molar-refractivity contribution in [1.82, 2.24) is 5.32 Å². The number of hydrogen-bond acceptors (Lipinski definition) is 2. The van der Waals surface area contributed by atoms with Crippen molar-refractivity contribution in [2.24, 2.45) is 0 Å². The van der Waals surface area contributed by atoms with Gasteiger partial charge >= 0.3 is 0 Å². The van der Waals surface area contributed by atoms with Gasteiger partial charge in [-0.25, -0.2) is 4.79 Å². The zero-order chi connectivity index (χ0) is 6.41. The van der Waals surface area contributed by atoms with E-state index in [2.05, 4.69) is 19.2 Å². The van der Waals surface area contributed by atoms with E-state index < -0.39 is 0 Å². The van der Waals surface area contributed by atoms with E-state index in [9.17, 15) is 4.79 Å². The molecule has 0 aromatic heterocycles. The number of carbonyl (C=O) groups excluding carboxylic acids is 1. The Balaban J connectivity index is 3.05. The van der Waals surface area contributed by atoms with Crippen LogP contribution in [-0.2, 0) is 4.79 Å². The predicted octanol–water partition coefficient (Wildman–Crippen LogP) is 0.980. The van der Waals surface area contributed by atoms with Crippen molar-refractivity contribution in [1.29, 1.82) is 0 Å². The molecule has 0 heterocycles. The first-order valence-corrected chi connectivity index (χ1v) is 5.06. The van der Waals surface area contributed by atoms with Crippen molar-refractivity contribution in [3.05, 3.63) is 0 Å². The van der Waals surface area contributed by atoms with E-state index in [0.29, 0.717) is 6.04 Å². The summed E-state index contributed by atoms with van der Waals surface area (Å²) in [5, 5.41) is 3.13. The van der Waals surface area contributed by atoms with Gasteiger partial charge in [-0.05, 0) is 20.7 Å². The first-order valence-electron chi connectivity index (χ1n) is 2.46. The van der Waals surface area contributed by atoms with Crippen LogP contribution in [0.15, 0.2) is 0 Å². The summed E-state index contributed by atoms with van der Waals surface area (Å²) < 4.78 is 2.78. The molecule has 0 amide bonds. The predicted molar refractivity (Wildman–Crippen MR) is 42.9 cm³/mol. The SMILES string of the molecule is CC(C)NCI=C=O. The van der Waals surface area contributed by atoms with Crippen molar-refractivity contribution < 1.29 is 4.79 Å². The van der Waals surface area contributed by atoms with Crippen molar-refractivity contribution in [3.8, 4) is 0 Å². The van der Waals surface area contributed by atoms with Gasteiger partial charge in [-0.1, -0.05) is 13.8 Å². The lowest BCUT2D eigenvalue weighted by Crippen LogP contribution is -2.20. The second-order valence-corrected chi connectivity index (χ2v) is 3.67. The maximum absolute atomic E-state index is 9.67. The van der Waals surface area contributed by atoms with E-state index >= 15 is 0 Å². The number of halogens is 1. The van der Waals surface area contributed by atoms with Crippen molar-refractivity contribution in [2.75, 3.05) is 4.55 Å². The molecule has 3 heteroatoms. The molecule has 0 saturated heterocycles. The lowest BCUT2D eigenvalue weighted by atomic mass is 10.4. The van der Waals surface area contributed by atoms with E-state index in [-0.39, 0.29) is 20.7 Å². The molecule has 0 atom stereocenters. The lowest BCUT2D eigenvalue weighted by Gasteiger charge is -2.00. The van der Waals surface area contributed by atoms with Crippen LogP contribution in [0.2, 0.25) is 0 Å². The first-order chi connectivity index (χ1) is 3.77. The Morgan fingerprint density at radius 3 is 2.75 bits per heavy atom. The highest BCUT2D eigenvalue weighted by atomic mass is 127. The number of rotatable bonds is 3. The van der Waals surface area contributed by atoms with Gasteiger partial charge in [0.25, 0.3) is 0 Å². The fraction of sp³-hybridized carbons (Fsp3) is 0.800. The molecular formula is C5H10INO. The van der Waals surface area contributed by atoms with Gasteiger partial charge in [-0.3, -0.25) is 0 Å². The van der Waals surface area contributed by atoms with E-state index in [0.717, 1.165) is 4.55 Å². The molecule has 48 valence electrons. The second-order valence-electron chi connectivity index (χ2n) is 1.70. The molecule has 0 unspecified atom stereocenters. The minimum Gasteiger partial charge on any atom is -0.306 e. The largest absolute Gasteiger partial charge is 0.306 e. The van der Waals surface area contributed by atoms with E-state index in [1.807, 2.05) is 3.88 Å². The molecule has 0 aliphatic rings. The molecule has 0 aliphatic heterocycles. The summed E-state index contributed by atoms with van der Waals surface area (Å²) >= 11 is -0.322. The third-order valence-corrected chi connectivity index (χ3v) is 1.74. The third-order valence-electron chi connectivity index (χ3n) is 0.607. The van der Waals surface area contributed by atoms with Crippen LogP contribution >= 0.6 is 20.7 Å². The molecular weight excluding hydrogens is 217 g/mol. The van der Waals surface area contributed by atoms with E-state index in [1.165, 1.54) is 0 Å². The zero-order valence-electron chi connectivity index (χ0n) is 5.07. The molecule has 0 saturated carbocycles. The molecule has 0 fully saturated rings. The monoisotopic (exact) mass is 227 g/mol. The zero-order valence-corrected chi connectivity index (χ0v) is 7.23. The Hall–Kier alpha value is 0.270. The quantitative estimate of drug-likeness (QED) is 0.442. The van der Waals surface area contributed by atoms with E-state index in [1.54, 1.807) is 0 Å². The summed E-state index contributed by atoms with van der Waals surface area (Å²) in [6, 6.07) is 0.503. The van der Waals surface area contributed by atoms with Crippen molar-refractivity contribution in [2.45, 2.75) is 19.9 Å². The van der Waals surface area contributed by atoms with Crippen molar-refractivity contribution >= 4 is 24.6 Å². The number of hydrogen-bond donors (Lipinski definition) is 1. The highest BCUT2D eigenvalue weighted by Gasteiger charge is 1.85. The molecule has 0 bridgehead atoms. The Labute approximate surface area is 59.4 Å². The summed E-state index contributed by atoms with van der Waals surface area (Å²) in [4.78, 5) is 9.67. The maximum Gasteiger partial charge on any atom is 0.157 e. The Morgan fingerprint density at radius 1 is 1.75 bits per heavy atom. The van der Waals surface area contributed by atoms with Gasteiger partial charge in [0.2, 0.25) is 0 Å². The normalized spacial score (nSPS) is 9.38. The van der Waals surface area contributed by atoms with Crippen LogP contribution < -0.4 is 5.32 Å². The molecule has 0 radical (unpaired) electrons. The Morgan fingerprint density at radius 2 is 2.38 bits per heavy atom. The number of alkyl halides is 1. The Bertz CT molecular complexity index is 96.6. The fourth-order valence-corrected chi connectivity index (χ4v) is 1.48. The average Bonchev–Trinajstić information content (AvgIpc) is 1.66. The van der Waals surface area contributed by atoms with Crippen molar-refractivity contribution in [3.63, 3.8) is 0 Å². The minimum atomic E-state index is -0.322. The lowest BCUT2D eigenvalue weighted by molar-refractivity contribution is 0.573. The molecule has 8 heavy (non-hydrogen) atoms. The standard InChI is InChI=1S/C5H10INO/c1-5(2)7-3-6-4-8/h5,7H,3H2,1-2H3. The Kier molecular flexibility index (Phi) is 5.59. The summed E-state index contributed by atoms with van der Waals surface area (Å²) in [5.74, 6) is 0. The minimum absolute atomic E-state index is 0.322. The van der Waals surface area contributed by atoms with Gasteiger partial charge < -0.3 is 5.32 Å². The van der Waals surface area contributed by atoms with Gasteiger partial charge in [0.1, 0.15) is 0 Å². The molecule has 0 aromatic rings. The molecule has 1 N–H and O–H groups in total. The van der Waals surface area contributed by atoms with Gasteiger partial charge in [0.05, 0.1) is 4.55 Å². The molecule has 0 aliphatic carbocycles. The van der Waals surface area contributed by atoms with Crippen LogP contribution in [0.1, 0.15) is 13.8 Å².